The van der Waals surface area contributed by atoms with Crippen molar-refractivity contribution in [2.24, 2.45) is 0 Å². The zero-order chi connectivity index (χ0) is 16.7. The molecule has 0 bridgehead atoms. The Balaban J connectivity index is 1.61. The number of nitrogens with zero attached hydrogens (tertiary/aromatic N) is 5. The van der Waals surface area contributed by atoms with Crippen LogP contribution in [0.2, 0.25) is 0 Å². The predicted molar refractivity (Wildman–Crippen MR) is 83.9 cm³/mol. The van der Waals surface area contributed by atoms with Crippen LogP contribution in [0.4, 0.5) is 0 Å². The molecule has 2 aromatic rings. The molecule has 2 heterocycles. The van der Waals surface area contributed by atoms with E-state index in [1.807, 2.05) is 6.20 Å². The van der Waals surface area contributed by atoms with Crippen LogP contribution in [0.15, 0.2) is 24.8 Å². The van der Waals surface area contributed by atoms with Gasteiger partial charge in [-0.15, -0.1) is 5.10 Å². The monoisotopic (exact) mass is 318 g/mol. The molecule has 0 atom stereocenters. The van der Waals surface area contributed by atoms with E-state index in [0.29, 0.717) is 32.0 Å². The van der Waals surface area contributed by atoms with E-state index in [-0.39, 0.29) is 11.3 Å². The van der Waals surface area contributed by atoms with Gasteiger partial charge in [-0.05, 0) is 0 Å². The fourth-order valence-electron chi connectivity index (χ4n) is 1.76. The second-order valence-electron chi connectivity index (χ2n) is 6.08. The van der Waals surface area contributed by atoms with E-state index in [4.69, 9.17) is 4.74 Å². The van der Waals surface area contributed by atoms with Gasteiger partial charge in [0.1, 0.15) is 5.69 Å². The maximum absolute atomic E-state index is 11.7. The van der Waals surface area contributed by atoms with Gasteiger partial charge in [0.15, 0.2) is 0 Å². The molecule has 0 aliphatic heterocycles. The number of aromatic nitrogens is 5. The maximum Gasteiger partial charge on any atom is 0.271 e. The topological polar surface area (TPSA) is 94.8 Å². The molecule has 0 aliphatic rings. The molecule has 8 nitrogen and oxygen atoms in total. The quantitative estimate of drug-likeness (QED) is 0.759. The Labute approximate surface area is 135 Å². The van der Waals surface area contributed by atoms with Crippen LogP contribution in [0.25, 0.3) is 0 Å². The largest absolute Gasteiger partial charge is 0.378 e. The van der Waals surface area contributed by atoms with Gasteiger partial charge in [0.05, 0.1) is 31.6 Å². The number of carbonyl (C=O) groups excluding carboxylic acids is 1. The van der Waals surface area contributed by atoms with Crippen molar-refractivity contribution >= 4 is 5.91 Å². The highest BCUT2D eigenvalue weighted by Gasteiger charge is 2.17. The van der Waals surface area contributed by atoms with Crippen LogP contribution in [0.3, 0.4) is 0 Å². The van der Waals surface area contributed by atoms with E-state index in [1.54, 1.807) is 4.68 Å². The lowest BCUT2D eigenvalue weighted by atomic mass is 9.93. The number of hydrogen-bond acceptors (Lipinski definition) is 6. The van der Waals surface area contributed by atoms with Gasteiger partial charge in [0.25, 0.3) is 5.91 Å². The molecule has 0 fully saturated rings. The summed E-state index contributed by atoms with van der Waals surface area (Å²) >= 11 is 0. The lowest BCUT2D eigenvalue weighted by Crippen LogP contribution is -2.28. The third-order valence-electron chi connectivity index (χ3n) is 3.10. The van der Waals surface area contributed by atoms with Crippen molar-refractivity contribution in [3.05, 3.63) is 36.2 Å². The van der Waals surface area contributed by atoms with Gasteiger partial charge in [-0.1, -0.05) is 26.0 Å². The molecule has 124 valence electrons. The Hall–Kier alpha value is -2.35. The van der Waals surface area contributed by atoms with Crippen molar-refractivity contribution in [2.45, 2.75) is 32.7 Å². The van der Waals surface area contributed by atoms with Gasteiger partial charge in [0, 0.05) is 30.6 Å². The van der Waals surface area contributed by atoms with Crippen LogP contribution < -0.4 is 5.32 Å². The van der Waals surface area contributed by atoms with Crippen molar-refractivity contribution in [3.63, 3.8) is 0 Å². The predicted octanol–water partition coefficient (Wildman–Crippen LogP) is 0.812. The minimum atomic E-state index is -0.257. The number of nitrogens with one attached hydrogen (secondary N) is 1. The van der Waals surface area contributed by atoms with Gasteiger partial charge in [-0.25, -0.2) is 9.67 Å². The van der Waals surface area contributed by atoms with Crippen LogP contribution in [0.1, 0.15) is 37.0 Å². The van der Waals surface area contributed by atoms with Gasteiger partial charge in [0.2, 0.25) is 0 Å². The Kier molecular flexibility index (Phi) is 5.75. The maximum atomic E-state index is 11.7. The second kappa shape index (κ2) is 7.77. The molecule has 0 aromatic carbocycles. The normalized spacial score (nSPS) is 11.4. The molecule has 23 heavy (non-hydrogen) atoms. The highest BCUT2D eigenvalue weighted by molar-refractivity contribution is 5.91. The van der Waals surface area contributed by atoms with Crippen molar-refractivity contribution in [2.75, 3.05) is 19.8 Å². The fraction of sp³-hybridized carbons (Fsp3) is 0.533. The minimum absolute atomic E-state index is 0.0102. The summed E-state index contributed by atoms with van der Waals surface area (Å²) in [6.45, 7) is 8.26. The average molecular weight is 318 g/mol. The Morgan fingerprint density at radius 2 is 2.13 bits per heavy atom. The molecule has 0 saturated heterocycles. The van der Waals surface area contributed by atoms with E-state index in [1.165, 1.54) is 18.6 Å². The number of amides is 1. The average Bonchev–Trinajstić information content (AvgIpc) is 3.00. The highest BCUT2D eigenvalue weighted by Crippen LogP contribution is 2.18. The van der Waals surface area contributed by atoms with Crippen LogP contribution in [-0.2, 0) is 16.7 Å². The standard InChI is InChI=1S/C15H22N6O2/c1-15(2,3)13-11-21(20-19-13)7-9-23-8-6-18-14(22)12-10-16-4-5-17-12/h4-5,10-11H,6-9H2,1-3H3,(H,18,22). The molecule has 2 aromatic heterocycles. The summed E-state index contributed by atoms with van der Waals surface area (Å²) in [6.07, 6.45) is 6.36. The van der Waals surface area contributed by atoms with Crippen LogP contribution >= 0.6 is 0 Å². The van der Waals surface area contributed by atoms with E-state index >= 15 is 0 Å². The molecule has 8 heteroatoms. The summed E-state index contributed by atoms with van der Waals surface area (Å²) in [5, 5.41) is 10.9. The van der Waals surface area contributed by atoms with Gasteiger partial charge < -0.3 is 10.1 Å². The first-order chi connectivity index (χ1) is 11.0. The van der Waals surface area contributed by atoms with Crippen LogP contribution in [-0.4, -0.2) is 50.6 Å². The first-order valence-electron chi connectivity index (χ1n) is 7.49. The number of rotatable bonds is 7. The van der Waals surface area contributed by atoms with Crippen molar-refractivity contribution in [1.29, 1.82) is 0 Å². The van der Waals surface area contributed by atoms with Crippen molar-refractivity contribution < 1.29 is 9.53 Å². The molecule has 0 spiro atoms. The summed E-state index contributed by atoms with van der Waals surface area (Å²) in [5.74, 6) is -0.257. The van der Waals surface area contributed by atoms with E-state index in [2.05, 4.69) is 46.4 Å². The van der Waals surface area contributed by atoms with Gasteiger partial charge in [-0.3, -0.25) is 9.78 Å². The van der Waals surface area contributed by atoms with Gasteiger partial charge >= 0.3 is 0 Å². The molecule has 0 saturated carbocycles. The molecule has 0 aliphatic carbocycles. The summed E-state index contributed by atoms with van der Waals surface area (Å²) in [5.41, 5.74) is 1.24. The summed E-state index contributed by atoms with van der Waals surface area (Å²) < 4.78 is 7.24. The molecule has 0 unspecified atom stereocenters. The summed E-state index contributed by atoms with van der Waals surface area (Å²) in [7, 11) is 0. The van der Waals surface area contributed by atoms with Gasteiger partial charge in [-0.2, -0.15) is 0 Å². The summed E-state index contributed by atoms with van der Waals surface area (Å²) in [4.78, 5) is 19.5. The number of carbonyl (C=O) groups is 1. The van der Waals surface area contributed by atoms with E-state index in [9.17, 15) is 4.79 Å². The van der Waals surface area contributed by atoms with Crippen molar-refractivity contribution in [3.8, 4) is 0 Å². The van der Waals surface area contributed by atoms with Crippen LogP contribution in [0, 0.1) is 0 Å². The van der Waals surface area contributed by atoms with E-state index in [0.717, 1.165) is 5.69 Å². The van der Waals surface area contributed by atoms with Crippen LogP contribution in [0.5, 0.6) is 0 Å². The molecular weight excluding hydrogens is 296 g/mol. The first kappa shape index (κ1) is 17.0. The minimum Gasteiger partial charge on any atom is -0.378 e. The zero-order valence-corrected chi connectivity index (χ0v) is 13.7. The lowest BCUT2D eigenvalue weighted by molar-refractivity contribution is 0.0900. The smallest absolute Gasteiger partial charge is 0.271 e. The first-order valence-corrected chi connectivity index (χ1v) is 7.49. The molecule has 0 radical (unpaired) electrons. The Bertz CT molecular complexity index is 620. The van der Waals surface area contributed by atoms with E-state index < -0.39 is 0 Å². The highest BCUT2D eigenvalue weighted by atomic mass is 16.5. The number of ether oxygens (including phenoxy) is 1. The number of hydrogen-bond donors (Lipinski definition) is 1. The Morgan fingerprint density at radius 1 is 1.30 bits per heavy atom. The fourth-order valence-corrected chi connectivity index (χ4v) is 1.76. The lowest BCUT2D eigenvalue weighted by Gasteiger charge is -2.12. The third-order valence-corrected chi connectivity index (χ3v) is 3.10. The summed E-state index contributed by atoms with van der Waals surface area (Å²) in [6, 6.07) is 0. The Morgan fingerprint density at radius 3 is 2.78 bits per heavy atom. The SMILES string of the molecule is CC(C)(C)c1cn(CCOCCNC(=O)c2cnccn2)nn1. The molecular formula is C15H22N6O2. The molecule has 1 N–H and O–H groups in total. The van der Waals surface area contributed by atoms with Crippen molar-refractivity contribution in [1.82, 2.24) is 30.3 Å². The molecule has 2 rings (SSSR count). The third kappa shape index (κ3) is 5.41. The molecule has 1 amide bonds. The zero-order valence-electron chi connectivity index (χ0n) is 13.7. The second-order valence-corrected chi connectivity index (χ2v) is 6.08.